The highest BCUT2D eigenvalue weighted by atomic mass is 16.6. The van der Waals surface area contributed by atoms with E-state index in [9.17, 15) is 14.7 Å². The second-order valence-corrected chi connectivity index (χ2v) is 15.3. The van der Waals surface area contributed by atoms with Crippen LogP contribution in [0.15, 0.2) is 0 Å². The van der Waals surface area contributed by atoms with Gasteiger partial charge in [-0.2, -0.15) is 0 Å². The molecule has 0 aromatic heterocycles. The molecule has 0 rings (SSSR count). The molecule has 0 saturated carbocycles. The highest BCUT2D eigenvalue weighted by Gasteiger charge is 2.12. The lowest BCUT2D eigenvalue weighted by Gasteiger charge is -2.12. The first-order chi connectivity index (χ1) is 23.5. The Bertz CT molecular complexity index is 664. The Hall–Kier alpha value is -1.10. The van der Waals surface area contributed by atoms with Gasteiger partial charge in [0.05, 0.1) is 0 Å². The molecule has 0 aromatic carbocycles. The Kier molecular flexibility index (Phi) is 37.8. The smallest absolute Gasteiger partial charge is 0.305 e. The van der Waals surface area contributed by atoms with Crippen molar-refractivity contribution < 1.29 is 24.2 Å². The first-order valence-corrected chi connectivity index (χ1v) is 21.4. The molecule has 0 radical (unpaired) electrons. The molecule has 0 amide bonds. The average Bonchev–Trinajstić information content (AvgIpc) is 3.07. The van der Waals surface area contributed by atoms with Crippen LogP contribution in [-0.2, 0) is 19.1 Å². The molecule has 48 heavy (non-hydrogen) atoms. The molecule has 0 aromatic rings. The van der Waals surface area contributed by atoms with Gasteiger partial charge in [-0.15, -0.1) is 0 Å². The van der Waals surface area contributed by atoms with Crippen molar-refractivity contribution in [1.29, 1.82) is 0 Å². The lowest BCUT2D eigenvalue weighted by atomic mass is 10.0. The summed E-state index contributed by atoms with van der Waals surface area (Å²) in [5, 5.41) is 10.0. The molecule has 0 aliphatic heterocycles. The molecule has 1 N–H and O–H groups in total. The maximum atomic E-state index is 12.0. The van der Waals surface area contributed by atoms with E-state index in [2.05, 4.69) is 20.8 Å². The van der Waals surface area contributed by atoms with E-state index in [0.717, 1.165) is 31.6 Å². The van der Waals surface area contributed by atoms with Gasteiger partial charge in [-0.1, -0.05) is 213 Å². The maximum Gasteiger partial charge on any atom is 0.305 e. The molecule has 0 fully saturated rings. The van der Waals surface area contributed by atoms with Crippen molar-refractivity contribution >= 4 is 11.9 Å². The molecular weight excluding hydrogens is 596 g/mol. The second kappa shape index (κ2) is 38.7. The SMILES string of the molecule is CCCCCCCCCCCCCCCCCCCC(=O)OC[C@H](O)COC(=O)CCCCCCCCCCCCCCCCC(C)C. The van der Waals surface area contributed by atoms with Crippen molar-refractivity contribution in [1.82, 2.24) is 0 Å². The van der Waals surface area contributed by atoms with Crippen LogP contribution < -0.4 is 0 Å². The lowest BCUT2D eigenvalue weighted by molar-refractivity contribution is -0.152. The molecule has 286 valence electrons. The van der Waals surface area contributed by atoms with Gasteiger partial charge in [0, 0.05) is 12.8 Å². The van der Waals surface area contributed by atoms with Crippen LogP contribution in [0.3, 0.4) is 0 Å². The van der Waals surface area contributed by atoms with E-state index in [4.69, 9.17) is 9.47 Å². The van der Waals surface area contributed by atoms with E-state index < -0.39 is 6.10 Å². The molecule has 0 unspecified atom stereocenters. The molecule has 5 nitrogen and oxygen atoms in total. The normalized spacial score (nSPS) is 12.1. The number of esters is 2. The standard InChI is InChI=1S/C43H84O5/c1-4-5-6-7-8-9-10-11-12-13-14-18-21-24-27-30-33-36-42(45)47-38-41(44)39-48-43(46)37-34-31-28-25-22-19-16-15-17-20-23-26-29-32-35-40(2)3/h40-41,44H,4-39H2,1-3H3/t41-/m0/s1. The number of hydrogen-bond donors (Lipinski definition) is 1. The summed E-state index contributed by atoms with van der Waals surface area (Å²) < 4.78 is 10.4. The predicted molar refractivity (Wildman–Crippen MR) is 205 cm³/mol. The van der Waals surface area contributed by atoms with Gasteiger partial charge in [-0.05, 0) is 18.8 Å². The van der Waals surface area contributed by atoms with Crippen molar-refractivity contribution in [3.05, 3.63) is 0 Å². The van der Waals surface area contributed by atoms with Crippen LogP contribution in [-0.4, -0.2) is 36.4 Å². The van der Waals surface area contributed by atoms with Gasteiger partial charge in [0.25, 0.3) is 0 Å². The zero-order valence-corrected chi connectivity index (χ0v) is 32.7. The topological polar surface area (TPSA) is 72.8 Å². The Balaban J connectivity index is 3.36. The van der Waals surface area contributed by atoms with Crippen LogP contribution in [0.2, 0.25) is 0 Å². The summed E-state index contributed by atoms with van der Waals surface area (Å²) in [6.45, 7) is 6.70. The first-order valence-electron chi connectivity index (χ1n) is 21.4. The van der Waals surface area contributed by atoms with Gasteiger partial charge < -0.3 is 14.6 Å². The van der Waals surface area contributed by atoms with E-state index >= 15 is 0 Å². The summed E-state index contributed by atoms with van der Waals surface area (Å²) in [5.74, 6) is 0.304. The predicted octanol–water partition coefficient (Wildman–Crippen LogP) is 13.4. The summed E-state index contributed by atoms with van der Waals surface area (Å²) in [4.78, 5) is 24.0. The first kappa shape index (κ1) is 46.9. The summed E-state index contributed by atoms with van der Waals surface area (Å²) in [5.41, 5.74) is 0. The number of carbonyl (C=O) groups is 2. The molecule has 0 saturated heterocycles. The van der Waals surface area contributed by atoms with Crippen LogP contribution in [0.1, 0.15) is 239 Å². The van der Waals surface area contributed by atoms with Crippen LogP contribution in [0, 0.1) is 5.92 Å². The third-order valence-corrected chi connectivity index (χ3v) is 9.77. The second-order valence-electron chi connectivity index (χ2n) is 15.3. The Labute approximate surface area is 299 Å². The molecule has 1 atom stereocenters. The highest BCUT2D eigenvalue weighted by molar-refractivity contribution is 5.69. The number of rotatable bonds is 39. The zero-order chi connectivity index (χ0) is 35.2. The van der Waals surface area contributed by atoms with Crippen molar-refractivity contribution in [3.63, 3.8) is 0 Å². The fourth-order valence-corrected chi connectivity index (χ4v) is 6.51. The number of aliphatic hydroxyl groups excluding tert-OH is 1. The molecule has 0 spiro atoms. The van der Waals surface area contributed by atoms with Crippen molar-refractivity contribution in [3.8, 4) is 0 Å². The number of hydrogen-bond acceptors (Lipinski definition) is 5. The van der Waals surface area contributed by atoms with Gasteiger partial charge in [0.2, 0.25) is 0 Å². The summed E-state index contributed by atoms with van der Waals surface area (Å²) in [6.07, 6.45) is 41.6. The van der Waals surface area contributed by atoms with Crippen molar-refractivity contribution in [2.45, 2.75) is 245 Å². The molecular formula is C43H84O5. The molecule has 0 heterocycles. The van der Waals surface area contributed by atoms with Gasteiger partial charge >= 0.3 is 11.9 Å². The minimum atomic E-state index is -0.955. The minimum Gasteiger partial charge on any atom is -0.463 e. The number of aliphatic hydroxyl groups is 1. The fourth-order valence-electron chi connectivity index (χ4n) is 6.51. The largest absolute Gasteiger partial charge is 0.463 e. The average molecular weight is 681 g/mol. The van der Waals surface area contributed by atoms with Crippen molar-refractivity contribution in [2.75, 3.05) is 13.2 Å². The van der Waals surface area contributed by atoms with Gasteiger partial charge in [0.1, 0.15) is 19.3 Å². The number of carbonyl (C=O) groups excluding carboxylic acids is 2. The van der Waals surface area contributed by atoms with E-state index in [-0.39, 0.29) is 25.2 Å². The van der Waals surface area contributed by atoms with Gasteiger partial charge in [0.15, 0.2) is 0 Å². The quantitative estimate of drug-likeness (QED) is 0.0517. The van der Waals surface area contributed by atoms with E-state index in [1.807, 2.05) is 0 Å². The Morgan fingerprint density at radius 1 is 0.417 bits per heavy atom. The summed E-state index contributed by atoms with van der Waals surface area (Å²) in [6, 6.07) is 0. The fraction of sp³-hybridized carbons (Fsp3) is 0.953. The molecule has 0 aliphatic carbocycles. The number of ether oxygens (including phenoxy) is 2. The van der Waals surface area contributed by atoms with Crippen LogP contribution >= 0.6 is 0 Å². The highest BCUT2D eigenvalue weighted by Crippen LogP contribution is 2.16. The van der Waals surface area contributed by atoms with E-state index in [0.29, 0.717) is 12.8 Å². The van der Waals surface area contributed by atoms with Gasteiger partial charge in [-0.3, -0.25) is 9.59 Å². The third-order valence-electron chi connectivity index (χ3n) is 9.77. The lowest BCUT2D eigenvalue weighted by Crippen LogP contribution is -2.25. The molecule has 0 aliphatic rings. The zero-order valence-electron chi connectivity index (χ0n) is 32.7. The monoisotopic (exact) mass is 681 g/mol. The van der Waals surface area contributed by atoms with Crippen LogP contribution in [0.5, 0.6) is 0 Å². The van der Waals surface area contributed by atoms with Gasteiger partial charge in [-0.25, -0.2) is 0 Å². The maximum absolute atomic E-state index is 12.0. The van der Waals surface area contributed by atoms with E-state index in [1.54, 1.807) is 0 Å². The molecule has 5 heteroatoms. The third kappa shape index (κ3) is 39.3. The number of unbranched alkanes of at least 4 members (excludes halogenated alkanes) is 29. The minimum absolute atomic E-state index is 0.108. The van der Waals surface area contributed by atoms with Crippen LogP contribution in [0.4, 0.5) is 0 Å². The Morgan fingerprint density at radius 2 is 0.667 bits per heavy atom. The summed E-state index contributed by atoms with van der Waals surface area (Å²) >= 11 is 0. The van der Waals surface area contributed by atoms with E-state index in [1.165, 1.54) is 180 Å². The van der Waals surface area contributed by atoms with Crippen LogP contribution in [0.25, 0.3) is 0 Å². The van der Waals surface area contributed by atoms with Crippen molar-refractivity contribution in [2.24, 2.45) is 5.92 Å². The summed E-state index contributed by atoms with van der Waals surface area (Å²) in [7, 11) is 0. The molecule has 0 bridgehead atoms. The Morgan fingerprint density at radius 3 is 0.938 bits per heavy atom.